The summed E-state index contributed by atoms with van der Waals surface area (Å²) in [6.45, 7) is 0.892. The van der Waals surface area contributed by atoms with Gasteiger partial charge in [-0.15, -0.1) is 0 Å². The van der Waals surface area contributed by atoms with E-state index in [4.69, 9.17) is 9.47 Å². The first kappa shape index (κ1) is 19.4. The van der Waals surface area contributed by atoms with Crippen LogP contribution in [-0.4, -0.2) is 31.9 Å². The first-order valence-corrected chi connectivity index (χ1v) is 10.0. The summed E-state index contributed by atoms with van der Waals surface area (Å²) in [5.41, 5.74) is 3.36. The highest BCUT2D eigenvalue weighted by Crippen LogP contribution is 2.43. The molecule has 1 aliphatic heterocycles. The second-order valence-electron chi connectivity index (χ2n) is 7.25. The van der Waals surface area contributed by atoms with E-state index in [0.717, 1.165) is 30.0 Å². The molecule has 1 saturated heterocycles. The van der Waals surface area contributed by atoms with Crippen molar-refractivity contribution in [3.05, 3.63) is 90.3 Å². The standard InChI is InChI=1S/C24H27N3O2/c1-25-15-13-22(18-8-4-3-5-9-18)28-21-12-6-10-19(16-21)23-24(29-23)27(2)20-11-7-14-26-17-20/h3-12,14,16-17,22-25H,13,15H2,1-2H3. The van der Waals surface area contributed by atoms with Crippen LogP contribution in [-0.2, 0) is 4.74 Å². The van der Waals surface area contributed by atoms with Crippen LogP contribution >= 0.6 is 0 Å². The number of nitrogens with one attached hydrogen (secondary N) is 1. The number of rotatable bonds is 9. The Balaban J connectivity index is 1.46. The van der Waals surface area contributed by atoms with Gasteiger partial charge < -0.3 is 19.7 Å². The fourth-order valence-electron chi connectivity index (χ4n) is 3.52. The molecule has 0 spiro atoms. The second-order valence-corrected chi connectivity index (χ2v) is 7.25. The molecule has 3 aromatic rings. The van der Waals surface area contributed by atoms with Crippen LogP contribution in [0.15, 0.2) is 79.1 Å². The van der Waals surface area contributed by atoms with Crippen LogP contribution in [0.25, 0.3) is 0 Å². The van der Waals surface area contributed by atoms with Gasteiger partial charge in [-0.25, -0.2) is 0 Å². The van der Waals surface area contributed by atoms with Crippen molar-refractivity contribution in [1.29, 1.82) is 0 Å². The number of likely N-dealkylation sites (N-methyl/N-ethyl adjacent to an activating group) is 1. The highest BCUT2D eigenvalue weighted by molar-refractivity contribution is 5.46. The van der Waals surface area contributed by atoms with E-state index in [1.165, 1.54) is 5.56 Å². The largest absolute Gasteiger partial charge is 0.486 e. The average Bonchev–Trinajstić information content (AvgIpc) is 3.58. The second kappa shape index (κ2) is 9.07. The molecule has 2 heterocycles. The lowest BCUT2D eigenvalue weighted by Gasteiger charge is -2.20. The maximum absolute atomic E-state index is 6.38. The molecule has 1 fully saturated rings. The number of epoxide rings is 1. The van der Waals surface area contributed by atoms with Gasteiger partial charge in [0.1, 0.15) is 18.0 Å². The first-order chi connectivity index (χ1) is 14.3. The normalized spacial score (nSPS) is 18.8. The van der Waals surface area contributed by atoms with E-state index in [1.807, 2.05) is 50.6 Å². The molecule has 1 N–H and O–H groups in total. The van der Waals surface area contributed by atoms with Gasteiger partial charge in [0.15, 0.2) is 6.23 Å². The maximum Gasteiger partial charge on any atom is 0.161 e. The molecule has 5 heteroatoms. The number of nitrogens with zero attached hydrogens (tertiary/aromatic N) is 2. The molecule has 0 saturated carbocycles. The smallest absolute Gasteiger partial charge is 0.161 e. The minimum absolute atomic E-state index is 0.00730. The number of hydrogen-bond acceptors (Lipinski definition) is 5. The number of pyridine rings is 1. The zero-order valence-corrected chi connectivity index (χ0v) is 16.9. The summed E-state index contributed by atoms with van der Waals surface area (Å²) in [6, 6.07) is 22.6. The number of ether oxygens (including phenoxy) is 2. The number of anilines is 1. The molecule has 150 valence electrons. The van der Waals surface area contributed by atoms with E-state index < -0.39 is 0 Å². The lowest BCUT2D eigenvalue weighted by atomic mass is 10.1. The van der Waals surface area contributed by atoms with E-state index in [0.29, 0.717) is 0 Å². The van der Waals surface area contributed by atoms with Crippen molar-refractivity contribution >= 4 is 5.69 Å². The SMILES string of the molecule is CNCCC(Oc1cccc(C2OC2N(C)c2cccnc2)c1)c1ccccc1. The topological polar surface area (TPSA) is 49.9 Å². The third-order valence-corrected chi connectivity index (χ3v) is 5.20. The first-order valence-electron chi connectivity index (χ1n) is 10.0. The van der Waals surface area contributed by atoms with Gasteiger partial charge in [0.25, 0.3) is 0 Å². The molecule has 4 rings (SSSR count). The Morgan fingerprint density at radius 2 is 1.97 bits per heavy atom. The summed E-state index contributed by atoms with van der Waals surface area (Å²) >= 11 is 0. The Bertz CT molecular complexity index is 904. The van der Waals surface area contributed by atoms with Crippen molar-refractivity contribution in [3.63, 3.8) is 0 Å². The molecule has 29 heavy (non-hydrogen) atoms. The maximum atomic E-state index is 6.38. The lowest BCUT2D eigenvalue weighted by molar-refractivity contribution is 0.194. The van der Waals surface area contributed by atoms with Crippen LogP contribution in [0.3, 0.4) is 0 Å². The van der Waals surface area contributed by atoms with Gasteiger partial charge >= 0.3 is 0 Å². The van der Waals surface area contributed by atoms with Crippen LogP contribution < -0.4 is 15.0 Å². The van der Waals surface area contributed by atoms with Crippen LogP contribution in [0.5, 0.6) is 5.75 Å². The van der Waals surface area contributed by atoms with Crippen LogP contribution in [0.1, 0.15) is 29.8 Å². The van der Waals surface area contributed by atoms with Crippen LogP contribution in [0.2, 0.25) is 0 Å². The monoisotopic (exact) mass is 389 g/mol. The number of hydrogen-bond donors (Lipinski definition) is 1. The molecule has 0 bridgehead atoms. The molecule has 0 aliphatic carbocycles. The number of benzene rings is 2. The number of aromatic nitrogens is 1. The van der Waals surface area contributed by atoms with Crippen molar-refractivity contribution in [2.45, 2.75) is 24.9 Å². The summed E-state index contributed by atoms with van der Waals surface area (Å²) in [7, 11) is 4.00. The summed E-state index contributed by atoms with van der Waals surface area (Å²) in [6.07, 6.45) is 4.59. The minimum atomic E-state index is 0.00730. The zero-order valence-electron chi connectivity index (χ0n) is 16.9. The third-order valence-electron chi connectivity index (χ3n) is 5.20. The molecular weight excluding hydrogens is 362 g/mol. The molecule has 5 nitrogen and oxygen atoms in total. The van der Waals surface area contributed by atoms with E-state index in [1.54, 1.807) is 6.20 Å². The van der Waals surface area contributed by atoms with Crippen molar-refractivity contribution in [2.75, 3.05) is 25.5 Å². The van der Waals surface area contributed by atoms with E-state index >= 15 is 0 Å². The van der Waals surface area contributed by atoms with Gasteiger partial charge in [0.05, 0.1) is 11.9 Å². The average molecular weight is 389 g/mol. The highest BCUT2D eigenvalue weighted by atomic mass is 16.6. The van der Waals surface area contributed by atoms with Crippen molar-refractivity contribution in [3.8, 4) is 5.75 Å². The summed E-state index contributed by atoms with van der Waals surface area (Å²) in [5, 5.41) is 3.22. The molecule has 3 atom stereocenters. The van der Waals surface area contributed by atoms with E-state index in [-0.39, 0.29) is 18.4 Å². The van der Waals surface area contributed by atoms with Crippen LogP contribution in [0.4, 0.5) is 5.69 Å². The van der Waals surface area contributed by atoms with Gasteiger partial charge in [0, 0.05) is 19.7 Å². The molecule has 1 aliphatic rings. The van der Waals surface area contributed by atoms with Crippen molar-refractivity contribution < 1.29 is 9.47 Å². The Kier molecular flexibility index (Phi) is 6.08. The minimum Gasteiger partial charge on any atom is -0.486 e. The lowest BCUT2D eigenvalue weighted by Crippen LogP contribution is -2.21. The fourth-order valence-corrected chi connectivity index (χ4v) is 3.52. The van der Waals surface area contributed by atoms with Crippen molar-refractivity contribution in [1.82, 2.24) is 10.3 Å². The quantitative estimate of drug-likeness (QED) is 0.552. The predicted molar refractivity (Wildman–Crippen MR) is 115 cm³/mol. The van der Waals surface area contributed by atoms with Gasteiger partial charge in [0.2, 0.25) is 0 Å². The predicted octanol–water partition coefficient (Wildman–Crippen LogP) is 4.35. The molecule has 1 aromatic heterocycles. The highest BCUT2D eigenvalue weighted by Gasteiger charge is 2.43. The zero-order chi connectivity index (χ0) is 20.1. The van der Waals surface area contributed by atoms with Crippen LogP contribution in [0, 0.1) is 0 Å². The molecule has 2 aromatic carbocycles. The molecule has 0 amide bonds. The van der Waals surface area contributed by atoms with E-state index in [2.05, 4.69) is 51.6 Å². The third kappa shape index (κ3) is 4.75. The van der Waals surface area contributed by atoms with Crippen molar-refractivity contribution in [2.24, 2.45) is 0 Å². The van der Waals surface area contributed by atoms with E-state index in [9.17, 15) is 0 Å². The molecule has 0 radical (unpaired) electrons. The van der Waals surface area contributed by atoms with Gasteiger partial charge in [-0.2, -0.15) is 0 Å². The van der Waals surface area contributed by atoms with Gasteiger partial charge in [-0.3, -0.25) is 4.98 Å². The summed E-state index contributed by atoms with van der Waals surface area (Å²) < 4.78 is 12.3. The summed E-state index contributed by atoms with van der Waals surface area (Å²) in [4.78, 5) is 6.31. The summed E-state index contributed by atoms with van der Waals surface area (Å²) in [5.74, 6) is 0.866. The van der Waals surface area contributed by atoms with Gasteiger partial charge in [-0.1, -0.05) is 42.5 Å². The Morgan fingerprint density at radius 1 is 1.10 bits per heavy atom. The Labute approximate surface area is 172 Å². The van der Waals surface area contributed by atoms with Gasteiger partial charge in [-0.05, 0) is 49.0 Å². The Morgan fingerprint density at radius 3 is 2.72 bits per heavy atom. The fraction of sp³-hybridized carbons (Fsp3) is 0.292. The molecule has 3 unspecified atom stereocenters. The molecular formula is C24H27N3O2. The Hall–Kier alpha value is -2.89.